The Morgan fingerprint density at radius 3 is 1.04 bits per heavy atom. The van der Waals surface area contributed by atoms with E-state index < -0.39 is 12.1 Å². The van der Waals surface area contributed by atoms with Crippen molar-refractivity contribution in [2.45, 2.75) is 360 Å². The van der Waals surface area contributed by atoms with Gasteiger partial charge < -0.3 is 20.3 Å². The molecule has 6 nitrogen and oxygen atoms in total. The summed E-state index contributed by atoms with van der Waals surface area (Å²) in [6, 6.07) is -0.638. The van der Waals surface area contributed by atoms with Gasteiger partial charge in [-0.15, -0.1) is 0 Å². The number of rotatable bonds is 62. The van der Waals surface area contributed by atoms with Crippen molar-refractivity contribution in [3.8, 4) is 0 Å². The van der Waals surface area contributed by atoms with Crippen LogP contribution in [0.3, 0.4) is 0 Å². The molecule has 0 heterocycles. The van der Waals surface area contributed by atoms with Gasteiger partial charge in [0.1, 0.15) is 0 Å². The van der Waals surface area contributed by atoms with Crippen LogP contribution in [0.2, 0.25) is 0 Å². The van der Waals surface area contributed by atoms with E-state index in [1.54, 1.807) is 6.08 Å². The van der Waals surface area contributed by atoms with Crippen molar-refractivity contribution in [3.63, 3.8) is 0 Å². The predicted octanol–water partition coefficient (Wildman–Crippen LogP) is 21.5. The first-order valence-corrected chi connectivity index (χ1v) is 33.6. The Labute approximate surface area is 473 Å². The van der Waals surface area contributed by atoms with Crippen molar-refractivity contribution in [2.75, 3.05) is 13.2 Å². The molecule has 0 aromatic rings. The third-order valence-electron chi connectivity index (χ3n) is 15.3. The number of hydrogen-bond acceptors (Lipinski definition) is 5. The molecule has 0 aliphatic rings. The molecule has 0 aromatic heterocycles. The van der Waals surface area contributed by atoms with Crippen molar-refractivity contribution in [1.82, 2.24) is 5.32 Å². The third kappa shape index (κ3) is 60.8. The monoisotopic (exact) mass is 1060 g/mol. The number of hydrogen-bond donors (Lipinski definition) is 3. The minimum absolute atomic E-state index is 0.00838. The minimum atomic E-state index is -0.854. The van der Waals surface area contributed by atoms with Gasteiger partial charge in [0.05, 0.1) is 25.4 Å². The zero-order valence-electron chi connectivity index (χ0n) is 50.7. The lowest BCUT2D eigenvalue weighted by atomic mass is 10.0. The van der Waals surface area contributed by atoms with Gasteiger partial charge in [0, 0.05) is 12.8 Å². The van der Waals surface area contributed by atoms with E-state index in [2.05, 4.69) is 67.8 Å². The molecule has 0 saturated heterocycles. The summed E-state index contributed by atoms with van der Waals surface area (Å²) in [5.41, 5.74) is 0. The standard InChI is InChI=1S/C70H129NO5/c1-3-5-7-9-11-13-15-17-19-20-21-22-26-29-32-35-38-42-46-50-54-58-62-68(73)67(66-72)71-69(74)63-59-55-51-47-43-39-36-33-30-27-24-23-25-28-31-34-37-41-45-49-53-57-61-65-76-70(75)64-60-56-52-48-44-40-18-16-14-12-10-8-6-4-2/h10,12,16,18,23,25,27,30,58,62,67-68,72-73H,3-9,11,13-15,17,19-22,24,26,28-29,31-57,59-61,63-66H2,1-2H3,(H,71,74)/b12-10-,18-16-,25-23-,30-27-,62-58+. The number of esters is 1. The number of carbonyl (C=O) groups is 2. The zero-order chi connectivity index (χ0) is 55.0. The second-order valence-corrected chi connectivity index (χ2v) is 22.8. The molecule has 0 aliphatic carbocycles. The Balaban J connectivity index is 3.49. The lowest BCUT2D eigenvalue weighted by molar-refractivity contribution is -0.143. The van der Waals surface area contributed by atoms with Crippen LogP contribution in [0, 0.1) is 0 Å². The molecular formula is C70H129NO5. The van der Waals surface area contributed by atoms with E-state index >= 15 is 0 Å². The fourth-order valence-corrected chi connectivity index (χ4v) is 10.1. The number of unbranched alkanes of at least 4 members (excludes halogenated alkanes) is 43. The summed E-state index contributed by atoms with van der Waals surface area (Å²) in [6.07, 6.45) is 85.6. The summed E-state index contributed by atoms with van der Waals surface area (Å²) in [7, 11) is 0. The number of aliphatic hydroxyl groups excluding tert-OH is 2. The Morgan fingerprint density at radius 2 is 0.671 bits per heavy atom. The molecule has 6 heteroatoms. The van der Waals surface area contributed by atoms with Crippen molar-refractivity contribution >= 4 is 11.9 Å². The number of aliphatic hydroxyl groups is 2. The third-order valence-corrected chi connectivity index (χ3v) is 15.3. The van der Waals surface area contributed by atoms with E-state index in [1.165, 1.54) is 250 Å². The van der Waals surface area contributed by atoms with Gasteiger partial charge >= 0.3 is 5.97 Å². The maximum absolute atomic E-state index is 12.5. The van der Waals surface area contributed by atoms with Crippen molar-refractivity contribution in [3.05, 3.63) is 60.8 Å². The first-order valence-electron chi connectivity index (χ1n) is 33.6. The Kier molecular flexibility index (Phi) is 63.0. The molecule has 0 radical (unpaired) electrons. The highest BCUT2D eigenvalue weighted by Gasteiger charge is 2.18. The van der Waals surface area contributed by atoms with Crippen LogP contribution in [0.5, 0.6) is 0 Å². The second-order valence-electron chi connectivity index (χ2n) is 22.8. The fourth-order valence-electron chi connectivity index (χ4n) is 10.1. The van der Waals surface area contributed by atoms with Gasteiger partial charge in [-0.1, -0.05) is 306 Å². The zero-order valence-corrected chi connectivity index (χ0v) is 50.7. The van der Waals surface area contributed by atoms with Gasteiger partial charge in [0.25, 0.3) is 0 Å². The average molecular weight is 1060 g/mol. The number of amides is 1. The summed E-state index contributed by atoms with van der Waals surface area (Å²) >= 11 is 0. The smallest absolute Gasteiger partial charge is 0.305 e. The van der Waals surface area contributed by atoms with Gasteiger partial charge in [-0.05, 0) is 89.9 Å². The maximum atomic E-state index is 12.5. The Bertz CT molecular complexity index is 1320. The van der Waals surface area contributed by atoms with Crippen molar-refractivity contribution in [1.29, 1.82) is 0 Å². The number of ether oxygens (including phenoxy) is 1. The summed E-state index contributed by atoms with van der Waals surface area (Å²) in [5, 5.41) is 23.2. The van der Waals surface area contributed by atoms with Gasteiger partial charge in [0.2, 0.25) is 5.91 Å². The first kappa shape index (κ1) is 73.6. The molecule has 0 aliphatic heterocycles. The van der Waals surface area contributed by atoms with E-state index in [9.17, 15) is 19.8 Å². The van der Waals surface area contributed by atoms with Crippen molar-refractivity contribution in [2.24, 2.45) is 0 Å². The largest absolute Gasteiger partial charge is 0.466 e. The van der Waals surface area contributed by atoms with Crippen LogP contribution in [-0.4, -0.2) is 47.4 Å². The minimum Gasteiger partial charge on any atom is -0.466 e. The van der Waals surface area contributed by atoms with E-state index in [1.807, 2.05) is 6.08 Å². The van der Waals surface area contributed by atoms with Crippen LogP contribution < -0.4 is 5.32 Å². The second kappa shape index (κ2) is 65.1. The van der Waals surface area contributed by atoms with Crippen LogP contribution in [0.15, 0.2) is 60.8 Å². The van der Waals surface area contributed by atoms with Crippen LogP contribution in [-0.2, 0) is 14.3 Å². The average Bonchev–Trinajstić information content (AvgIpc) is 3.42. The van der Waals surface area contributed by atoms with Crippen LogP contribution in [0.25, 0.3) is 0 Å². The molecule has 76 heavy (non-hydrogen) atoms. The van der Waals surface area contributed by atoms with Crippen LogP contribution >= 0.6 is 0 Å². The quantitative estimate of drug-likeness (QED) is 0.0320. The SMILES string of the molecule is CCCC/C=C\C/C=C\CCCCCCCC(=O)OCCCCCCCCCCC/C=C\C/C=C\CCCCCCCCCC(=O)NC(CO)C(O)/C=C/CCCCCCCCCCCCCCCCCCCCCC. The normalized spacial score (nSPS) is 12.9. The summed E-state index contributed by atoms with van der Waals surface area (Å²) in [5.74, 6) is -0.0848. The highest BCUT2D eigenvalue weighted by atomic mass is 16.5. The molecule has 2 atom stereocenters. The van der Waals surface area contributed by atoms with Gasteiger partial charge in [-0.3, -0.25) is 9.59 Å². The molecule has 3 N–H and O–H groups in total. The molecule has 0 rings (SSSR count). The summed E-state index contributed by atoms with van der Waals surface area (Å²) in [4.78, 5) is 24.6. The fraction of sp³-hybridized carbons (Fsp3) is 0.829. The topological polar surface area (TPSA) is 95.9 Å². The highest BCUT2D eigenvalue weighted by molar-refractivity contribution is 5.76. The van der Waals surface area contributed by atoms with Crippen LogP contribution in [0.1, 0.15) is 348 Å². The predicted molar refractivity (Wildman–Crippen MR) is 333 cm³/mol. The molecule has 444 valence electrons. The molecule has 0 fully saturated rings. The lowest BCUT2D eigenvalue weighted by Gasteiger charge is -2.20. The molecule has 1 amide bonds. The molecule has 0 bridgehead atoms. The molecule has 0 aromatic carbocycles. The molecule has 0 saturated carbocycles. The van der Waals surface area contributed by atoms with Crippen molar-refractivity contribution < 1.29 is 24.5 Å². The van der Waals surface area contributed by atoms with E-state index in [0.717, 1.165) is 70.6 Å². The number of allylic oxidation sites excluding steroid dienone is 9. The Morgan fingerprint density at radius 1 is 0.368 bits per heavy atom. The summed E-state index contributed by atoms with van der Waals surface area (Å²) in [6.45, 7) is 4.87. The van der Waals surface area contributed by atoms with E-state index in [-0.39, 0.29) is 18.5 Å². The summed E-state index contributed by atoms with van der Waals surface area (Å²) < 4.78 is 5.47. The van der Waals surface area contributed by atoms with Gasteiger partial charge in [0.15, 0.2) is 0 Å². The van der Waals surface area contributed by atoms with Crippen LogP contribution in [0.4, 0.5) is 0 Å². The number of nitrogens with one attached hydrogen (secondary N) is 1. The van der Waals surface area contributed by atoms with Gasteiger partial charge in [-0.25, -0.2) is 0 Å². The number of carbonyl (C=O) groups excluding carboxylic acids is 2. The molecule has 0 spiro atoms. The Hall–Kier alpha value is -2.44. The maximum Gasteiger partial charge on any atom is 0.305 e. The highest BCUT2D eigenvalue weighted by Crippen LogP contribution is 2.17. The molecule has 2 unspecified atom stereocenters. The van der Waals surface area contributed by atoms with E-state index in [0.29, 0.717) is 19.4 Å². The first-order chi connectivity index (χ1) is 37.5. The molecular weight excluding hydrogens is 935 g/mol. The lowest BCUT2D eigenvalue weighted by Crippen LogP contribution is -2.45. The van der Waals surface area contributed by atoms with Gasteiger partial charge in [-0.2, -0.15) is 0 Å². The van der Waals surface area contributed by atoms with E-state index in [4.69, 9.17) is 4.74 Å².